The van der Waals surface area contributed by atoms with Gasteiger partial charge in [-0.05, 0) is 92.4 Å². The van der Waals surface area contributed by atoms with Gasteiger partial charge in [0.05, 0.1) is 28.2 Å². The smallest absolute Gasteiger partial charge is 0.407 e. The second-order valence-electron chi connectivity index (χ2n) is 15.6. The van der Waals surface area contributed by atoms with Crippen molar-refractivity contribution in [3.63, 3.8) is 0 Å². The van der Waals surface area contributed by atoms with Gasteiger partial charge in [-0.3, -0.25) is 0 Å². The molecule has 310 valence electrons. The van der Waals surface area contributed by atoms with Crippen molar-refractivity contribution in [1.29, 1.82) is 0 Å². The summed E-state index contributed by atoms with van der Waals surface area (Å²) >= 11 is 0. The molecule has 0 radical (unpaired) electrons. The molecule has 2 aromatic heterocycles. The molecule has 14 nitrogen and oxygen atoms in total. The molecule has 10 rings (SSSR count). The van der Waals surface area contributed by atoms with E-state index in [1.165, 1.54) is 0 Å². The van der Waals surface area contributed by atoms with Crippen molar-refractivity contribution in [3.8, 4) is 45.8 Å². The minimum Gasteiger partial charge on any atom is -0.507 e. The molecule has 7 aromatic rings. The predicted octanol–water partition coefficient (Wildman–Crippen LogP) is 7.39. The van der Waals surface area contributed by atoms with Crippen LogP contribution >= 0.6 is 0 Å². The highest BCUT2D eigenvalue weighted by Gasteiger charge is 2.28. The van der Waals surface area contributed by atoms with E-state index in [1.54, 1.807) is 30.3 Å². The number of aromatic nitrogens is 4. The van der Waals surface area contributed by atoms with Crippen LogP contribution in [-0.2, 0) is 11.3 Å². The first-order valence-corrected chi connectivity index (χ1v) is 20.4. The Labute approximate surface area is 352 Å². The highest BCUT2D eigenvalue weighted by molar-refractivity contribution is 5.93. The molecule has 2 saturated heterocycles. The molecule has 0 saturated carbocycles. The number of benzene rings is 5. The van der Waals surface area contributed by atoms with Gasteiger partial charge in [-0.2, -0.15) is 0 Å². The number of hydrogen-bond donors (Lipinski definition) is 4. The summed E-state index contributed by atoms with van der Waals surface area (Å²) in [6.07, 6.45) is 1.22. The Hall–Kier alpha value is -7.19. The number of amides is 1. The number of nitrogens with zero attached hydrogens (tertiary/aromatic N) is 6. The van der Waals surface area contributed by atoms with Crippen LogP contribution in [0.5, 0.6) is 23.0 Å². The second kappa shape index (κ2) is 16.8. The number of carbonyl (C=O) groups excluding carboxylic acids is 1. The van der Waals surface area contributed by atoms with E-state index < -0.39 is 6.09 Å². The average Bonchev–Trinajstić information content (AvgIpc) is 4.04. The van der Waals surface area contributed by atoms with E-state index in [4.69, 9.17) is 34.9 Å². The number of anilines is 2. The van der Waals surface area contributed by atoms with Crippen molar-refractivity contribution in [2.45, 2.75) is 45.4 Å². The molecule has 5 N–H and O–H groups in total. The van der Waals surface area contributed by atoms with Crippen LogP contribution in [0.3, 0.4) is 0 Å². The lowest BCUT2D eigenvalue weighted by molar-refractivity contribution is 0.134. The van der Waals surface area contributed by atoms with Gasteiger partial charge in [0, 0.05) is 48.6 Å². The van der Waals surface area contributed by atoms with Crippen LogP contribution in [0.4, 0.5) is 16.4 Å². The molecule has 0 aliphatic carbocycles. The number of carbonyl (C=O) groups is 1. The first-order valence-electron chi connectivity index (χ1n) is 20.4. The van der Waals surface area contributed by atoms with Crippen LogP contribution < -0.4 is 30.3 Å². The lowest BCUT2D eigenvalue weighted by atomic mass is 10.1. The Morgan fingerprint density at radius 2 is 1.33 bits per heavy atom. The zero-order valence-electron chi connectivity index (χ0n) is 33.9. The first-order chi connectivity index (χ1) is 29.7. The predicted molar refractivity (Wildman–Crippen MR) is 234 cm³/mol. The van der Waals surface area contributed by atoms with Gasteiger partial charge in [-0.15, -0.1) is 0 Å². The zero-order valence-corrected chi connectivity index (χ0v) is 33.9. The molecule has 61 heavy (non-hydrogen) atoms. The van der Waals surface area contributed by atoms with Gasteiger partial charge < -0.3 is 45.3 Å². The normalized spacial score (nSPS) is 16.8. The van der Waals surface area contributed by atoms with Crippen molar-refractivity contribution in [2.24, 2.45) is 5.73 Å². The second-order valence-corrected chi connectivity index (χ2v) is 15.6. The zero-order chi connectivity index (χ0) is 42.0. The van der Waals surface area contributed by atoms with E-state index in [9.17, 15) is 15.0 Å². The van der Waals surface area contributed by atoms with E-state index in [1.807, 2.05) is 68.4 Å². The fourth-order valence-corrected chi connectivity index (χ4v) is 8.00. The summed E-state index contributed by atoms with van der Waals surface area (Å²) in [7, 11) is 0. The molecule has 14 heteroatoms. The Kier molecular flexibility index (Phi) is 10.8. The van der Waals surface area contributed by atoms with Gasteiger partial charge >= 0.3 is 6.09 Å². The van der Waals surface area contributed by atoms with Crippen LogP contribution in [0.25, 0.3) is 44.6 Å². The van der Waals surface area contributed by atoms with Gasteiger partial charge in [0.25, 0.3) is 0 Å². The van der Waals surface area contributed by atoms with Gasteiger partial charge in [-0.25, -0.2) is 24.7 Å². The van der Waals surface area contributed by atoms with Crippen LogP contribution in [0, 0.1) is 13.8 Å². The van der Waals surface area contributed by atoms with Crippen molar-refractivity contribution >= 4 is 39.5 Å². The number of ether oxygens (including phenoxy) is 3. The highest BCUT2D eigenvalue weighted by atomic mass is 16.7. The third kappa shape index (κ3) is 8.35. The van der Waals surface area contributed by atoms with Gasteiger partial charge in [0.2, 0.25) is 6.79 Å². The molecular weight excluding hydrogens is 773 g/mol. The molecule has 0 bridgehead atoms. The summed E-state index contributed by atoms with van der Waals surface area (Å²) in [5.41, 5.74) is 12.0. The molecule has 0 spiro atoms. The summed E-state index contributed by atoms with van der Waals surface area (Å²) < 4.78 is 16.3. The van der Waals surface area contributed by atoms with Crippen LogP contribution in [0.1, 0.15) is 29.5 Å². The molecular formula is C47H46N8O6. The Morgan fingerprint density at radius 1 is 0.738 bits per heavy atom. The summed E-state index contributed by atoms with van der Waals surface area (Å²) in [5.74, 6) is 4.27. The average molecular weight is 819 g/mol. The lowest BCUT2D eigenvalue weighted by Crippen LogP contribution is -2.37. The fourth-order valence-electron chi connectivity index (χ4n) is 8.00. The van der Waals surface area contributed by atoms with Gasteiger partial charge in [-0.1, -0.05) is 48.5 Å². The number of para-hydroxylation sites is 3. The Bertz CT molecular complexity index is 2770. The van der Waals surface area contributed by atoms with Crippen molar-refractivity contribution in [1.82, 2.24) is 25.3 Å². The minimum atomic E-state index is -0.485. The number of nitrogens with two attached hydrogens (primary N) is 1. The van der Waals surface area contributed by atoms with Crippen LogP contribution in [-0.4, -0.2) is 81.3 Å². The highest BCUT2D eigenvalue weighted by Crippen LogP contribution is 2.37. The van der Waals surface area contributed by atoms with E-state index in [-0.39, 0.29) is 37.0 Å². The van der Waals surface area contributed by atoms with E-state index in [0.29, 0.717) is 47.4 Å². The number of alkyl carbamates (subject to hydrolysis) is 1. The Morgan fingerprint density at radius 3 is 1.92 bits per heavy atom. The number of phenolic OH excluding ortho intramolecular Hbond substituents is 2. The van der Waals surface area contributed by atoms with Crippen LogP contribution in [0.15, 0.2) is 103 Å². The van der Waals surface area contributed by atoms with E-state index in [2.05, 4.69) is 38.3 Å². The number of aromatic hydroxyl groups is 2. The maximum Gasteiger partial charge on any atom is 0.407 e. The Balaban J connectivity index is 0.000000171. The van der Waals surface area contributed by atoms with Crippen molar-refractivity contribution in [3.05, 3.63) is 120 Å². The monoisotopic (exact) mass is 818 g/mol. The third-order valence-corrected chi connectivity index (χ3v) is 11.1. The van der Waals surface area contributed by atoms with E-state index >= 15 is 0 Å². The number of hydrogen-bond acceptors (Lipinski definition) is 13. The SMILES string of the molecule is Cc1ccc2c(N3CC[C@@H](N)C3)nc(-c3ccccc3O)nc2c1.Cc1ccc2c(N3CC[C@@H](NC(=O)OCc4cccc5c4OCO5)C3)nc(-c3ccccc3O)nc2c1. The molecule has 1 amide bonds. The molecule has 2 fully saturated rings. The summed E-state index contributed by atoms with van der Waals surface area (Å²) in [5, 5.41) is 25.5. The number of phenols is 2. The number of aryl methyl sites for hydroxylation is 2. The van der Waals surface area contributed by atoms with Crippen molar-refractivity contribution < 1.29 is 29.2 Å². The molecule has 5 aromatic carbocycles. The topological polar surface area (TPSA) is 181 Å². The summed E-state index contributed by atoms with van der Waals surface area (Å²) in [4.78, 5) is 36.0. The molecule has 5 heterocycles. The van der Waals surface area contributed by atoms with E-state index in [0.717, 1.165) is 76.1 Å². The van der Waals surface area contributed by atoms with Crippen LogP contribution in [0.2, 0.25) is 0 Å². The molecule has 3 aliphatic rings. The lowest BCUT2D eigenvalue weighted by Gasteiger charge is -2.21. The number of rotatable bonds is 7. The quantitative estimate of drug-likeness (QED) is 0.125. The molecule has 0 unspecified atom stereocenters. The largest absolute Gasteiger partial charge is 0.507 e. The maximum atomic E-state index is 12.6. The standard InChI is InChI=1S/C28H26N4O5.C19H20N4O/c1-17-9-10-20-22(13-17)30-26(21-6-2-3-7-23(21)33)31-27(20)32-12-11-19(14-32)29-28(34)35-15-18-5-4-8-24-25(18)37-16-36-24;1-12-6-7-14-16(10-12)21-18(15-4-2-3-5-17(15)24)22-19(14)23-9-8-13(20)11-23/h2-10,13,19,33H,11-12,14-16H2,1H3,(H,29,34);2-7,10,13,24H,8-9,11,20H2,1H3/t19-;13-/m11/s1. The number of fused-ring (bicyclic) bond motifs is 3. The maximum absolute atomic E-state index is 12.6. The van der Waals surface area contributed by atoms with Gasteiger partial charge in [0.15, 0.2) is 23.1 Å². The first kappa shape index (κ1) is 39.3. The third-order valence-electron chi connectivity index (χ3n) is 11.1. The summed E-state index contributed by atoms with van der Waals surface area (Å²) in [6.45, 7) is 7.29. The van der Waals surface area contributed by atoms with Gasteiger partial charge in [0.1, 0.15) is 29.7 Å². The van der Waals surface area contributed by atoms with Crippen molar-refractivity contribution in [2.75, 3.05) is 42.8 Å². The fraction of sp³-hybridized carbons (Fsp3) is 0.255. The number of nitrogens with one attached hydrogen (secondary N) is 1. The summed E-state index contributed by atoms with van der Waals surface area (Å²) in [6, 6.07) is 32.1. The molecule has 2 atom stereocenters. The molecule has 3 aliphatic heterocycles. The minimum absolute atomic E-state index is 0.0919.